The number of hydrogen-bond donors (Lipinski definition) is 1. The second-order valence-corrected chi connectivity index (χ2v) is 7.33. The van der Waals surface area contributed by atoms with Gasteiger partial charge in [-0.2, -0.15) is 0 Å². The highest BCUT2D eigenvalue weighted by molar-refractivity contribution is 5.90. The minimum Gasteiger partial charge on any atom is -0.481 e. The number of hydrogen-bond acceptors (Lipinski definition) is 3. The Morgan fingerprint density at radius 2 is 2.17 bits per heavy atom. The first-order valence-electron chi connectivity index (χ1n) is 8.52. The second-order valence-electron chi connectivity index (χ2n) is 7.33. The van der Waals surface area contributed by atoms with Crippen LogP contribution in [0.5, 0.6) is 0 Å². The Morgan fingerprint density at radius 1 is 1.42 bits per heavy atom. The largest absolute Gasteiger partial charge is 0.481 e. The smallest absolute Gasteiger partial charge is 0.310 e. The molecule has 4 atom stereocenters. The van der Waals surface area contributed by atoms with Gasteiger partial charge in [0.15, 0.2) is 0 Å². The lowest BCUT2D eigenvalue weighted by Crippen LogP contribution is -2.39. The summed E-state index contributed by atoms with van der Waals surface area (Å²) in [4.78, 5) is 26.0. The van der Waals surface area contributed by atoms with Crippen LogP contribution in [-0.4, -0.2) is 46.7 Å². The lowest BCUT2D eigenvalue weighted by molar-refractivity contribution is -0.147. The summed E-state index contributed by atoms with van der Waals surface area (Å²) in [5, 5.41) is 9.44. The van der Waals surface area contributed by atoms with Gasteiger partial charge < -0.3 is 14.7 Å². The Morgan fingerprint density at radius 3 is 2.83 bits per heavy atom. The highest BCUT2D eigenvalue weighted by Gasteiger charge is 2.66. The molecule has 3 aliphatic heterocycles. The summed E-state index contributed by atoms with van der Waals surface area (Å²) in [6.45, 7) is 7.21. The molecule has 0 aromatic carbocycles. The van der Waals surface area contributed by atoms with E-state index in [1.165, 1.54) is 11.1 Å². The summed E-state index contributed by atoms with van der Waals surface area (Å²) < 4.78 is 5.87. The van der Waals surface area contributed by atoms with E-state index in [-0.39, 0.29) is 5.91 Å². The van der Waals surface area contributed by atoms with Crippen molar-refractivity contribution in [1.82, 2.24) is 4.90 Å². The van der Waals surface area contributed by atoms with Gasteiger partial charge in [-0.1, -0.05) is 35.5 Å². The number of ether oxygens (including phenoxy) is 1. The summed E-state index contributed by atoms with van der Waals surface area (Å²) in [7, 11) is 0. The molecule has 0 aromatic rings. The van der Waals surface area contributed by atoms with Crippen molar-refractivity contribution in [2.24, 2.45) is 11.8 Å². The van der Waals surface area contributed by atoms with Gasteiger partial charge in [0.25, 0.3) is 0 Å². The van der Waals surface area contributed by atoms with Gasteiger partial charge in [-0.05, 0) is 33.6 Å². The molecule has 3 heterocycles. The molecule has 1 N–H and O–H groups in total. The third-order valence-electron chi connectivity index (χ3n) is 5.22. The van der Waals surface area contributed by atoms with E-state index in [4.69, 9.17) is 4.74 Å². The van der Waals surface area contributed by atoms with Crippen molar-refractivity contribution in [2.45, 2.75) is 45.3 Å². The quantitative estimate of drug-likeness (QED) is 0.760. The first kappa shape index (κ1) is 17.0. The number of likely N-dealkylation sites (tertiary alicyclic amines) is 1. The number of carbonyl (C=O) groups excluding carboxylic acids is 1. The molecule has 1 amide bonds. The van der Waals surface area contributed by atoms with Crippen LogP contribution in [0.1, 0.15) is 33.6 Å². The van der Waals surface area contributed by atoms with Crippen LogP contribution in [0.25, 0.3) is 0 Å². The zero-order valence-electron chi connectivity index (χ0n) is 14.5. The van der Waals surface area contributed by atoms with Crippen LogP contribution < -0.4 is 0 Å². The zero-order valence-corrected chi connectivity index (χ0v) is 14.5. The molecular weight excluding hydrogens is 306 g/mol. The lowest BCUT2D eigenvalue weighted by Gasteiger charge is -2.21. The number of carboxylic acids is 1. The molecule has 2 saturated heterocycles. The van der Waals surface area contributed by atoms with E-state index in [1.54, 1.807) is 11.0 Å². The Balaban J connectivity index is 1.66. The molecule has 0 saturated carbocycles. The van der Waals surface area contributed by atoms with Crippen molar-refractivity contribution in [3.8, 4) is 0 Å². The third-order valence-corrected chi connectivity index (χ3v) is 5.22. The first-order valence-corrected chi connectivity index (χ1v) is 8.52. The van der Waals surface area contributed by atoms with Gasteiger partial charge in [0, 0.05) is 6.54 Å². The van der Waals surface area contributed by atoms with Crippen LogP contribution >= 0.6 is 0 Å². The van der Waals surface area contributed by atoms with Crippen molar-refractivity contribution in [3.05, 3.63) is 35.5 Å². The van der Waals surface area contributed by atoms with Crippen molar-refractivity contribution in [3.63, 3.8) is 0 Å². The summed E-state index contributed by atoms with van der Waals surface area (Å²) in [5.74, 6) is -2.37. The molecule has 0 aliphatic carbocycles. The molecule has 0 radical (unpaired) electrons. The van der Waals surface area contributed by atoms with Crippen LogP contribution in [0.2, 0.25) is 0 Å². The lowest BCUT2D eigenvalue weighted by atomic mass is 9.77. The molecule has 1 spiro atoms. The molecule has 0 aromatic heterocycles. The van der Waals surface area contributed by atoms with Gasteiger partial charge in [0.2, 0.25) is 5.91 Å². The number of amides is 1. The standard InChI is InChI=1S/C19H25NO4/c1-12(2)5-4-6-13(3)8-10-20-11-19-9-7-14(24-19)15(18(22)23)16(19)17(20)21/h5,7-9,14-16H,4,6,10-11H2,1-3H3,(H,22,23)/b13-8-/t14-,15+,16-,19-/m1/s1. The second kappa shape index (κ2) is 6.20. The third kappa shape index (κ3) is 2.81. The maximum atomic E-state index is 12.7. The Bertz CT molecular complexity index is 644. The van der Waals surface area contributed by atoms with Gasteiger partial charge in [0.1, 0.15) is 11.5 Å². The van der Waals surface area contributed by atoms with Crippen molar-refractivity contribution in [1.29, 1.82) is 0 Å². The van der Waals surface area contributed by atoms with E-state index >= 15 is 0 Å². The SMILES string of the molecule is CC(C)=CCC/C(C)=C\CN1C[C@@]23C=C[C@@H](O2)[C@H](C(=O)O)[C@@H]3C1=O. The molecule has 5 nitrogen and oxygen atoms in total. The highest BCUT2D eigenvalue weighted by atomic mass is 16.5. The minimum atomic E-state index is -0.945. The van der Waals surface area contributed by atoms with E-state index < -0.39 is 29.5 Å². The Labute approximate surface area is 142 Å². The number of carbonyl (C=O) groups is 2. The number of carboxylic acid groups (broad SMARTS) is 1. The zero-order chi connectivity index (χ0) is 17.5. The van der Waals surface area contributed by atoms with Gasteiger partial charge in [-0.25, -0.2) is 0 Å². The molecular formula is C19H25NO4. The molecule has 2 fully saturated rings. The van der Waals surface area contributed by atoms with Gasteiger partial charge in [-0.15, -0.1) is 0 Å². The monoisotopic (exact) mass is 331 g/mol. The Kier molecular flexibility index (Phi) is 4.38. The topological polar surface area (TPSA) is 66.8 Å². The molecule has 130 valence electrons. The maximum absolute atomic E-state index is 12.7. The average molecular weight is 331 g/mol. The fourth-order valence-corrected chi connectivity index (χ4v) is 3.97. The molecule has 24 heavy (non-hydrogen) atoms. The molecule has 5 heteroatoms. The summed E-state index contributed by atoms with van der Waals surface area (Å²) in [6.07, 6.45) is 9.48. The van der Waals surface area contributed by atoms with E-state index in [9.17, 15) is 14.7 Å². The number of aliphatic carboxylic acids is 1. The normalized spacial score (nSPS) is 34.0. The predicted molar refractivity (Wildman–Crippen MR) is 90.4 cm³/mol. The van der Waals surface area contributed by atoms with Crippen LogP contribution in [0, 0.1) is 11.8 Å². The molecule has 0 unspecified atom stereocenters. The number of allylic oxidation sites excluding steroid dienone is 3. The van der Waals surface area contributed by atoms with Gasteiger partial charge in [0.05, 0.1) is 18.6 Å². The van der Waals surface area contributed by atoms with E-state index in [1.807, 2.05) is 6.08 Å². The summed E-state index contributed by atoms with van der Waals surface area (Å²) in [5.41, 5.74) is 1.82. The predicted octanol–water partition coefficient (Wildman–Crippen LogP) is 2.55. The van der Waals surface area contributed by atoms with E-state index in [2.05, 4.69) is 32.9 Å². The summed E-state index contributed by atoms with van der Waals surface area (Å²) >= 11 is 0. The summed E-state index contributed by atoms with van der Waals surface area (Å²) in [6, 6.07) is 0. The highest BCUT2D eigenvalue weighted by Crippen LogP contribution is 2.51. The fourth-order valence-electron chi connectivity index (χ4n) is 3.97. The molecule has 3 rings (SSSR count). The number of fused-ring (bicyclic) bond motifs is 1. The van der Waals surface area contributed by atoms with Crippen LogP contribution in [0.4, 0.5) is 0 Å². The van der Waals surface area contributed by atoms with E-state index in [0.717, 1.165) is 12.8 Å². The Hall–Kier alpha value is -1.88. The van der Waals surface area contributed by atoms with Gasteiger partial charge in [-0.3, -0.25) is 9.59 Å². The maximum Gasteiger partial charge on any atom is 0.310 e. The van der Waals surface area contributed by atoms with Crippen LogP contribution in [-0.2, 0) is 14.3 Å². The number of nitrogens with zero attached hydrogens (tertiary/aromatic N) is 1. The van der Waals surface area contributed by atoms with Crippen LogP contribution in [0.15, 0.2) is 35.5 Å². The molecule has 2 bridgehead atoms. The average Bonchev–Trinajstić information content (AvgIpc) is 3.13. The van der Waals surface area contributed by atoms with Crippen LogP contribution in [0.3, 0.4) is 0 Å². The minimum absolute atomic E-state index is 0.0948. The van der Waals surface area contributed by atoms with Crippen molar-refractivity contribution >= 4 is 11.9 Å². The van der Waals surface area contributed by atoms with E-state index in [0.29, 0.717) is 13.1 Å². The molecule has 3 aliphatic rings. The van der Waals surface area contributed by atoms with Crippen molar-refractivity contribution in [2.75, 3.05) is 13.1 Å². The van der Waals surface area contributed by atoms with Gasteiger partial charge >= 0.3 is 5.97 Å². The first-order chi connectivity index (χ1) is 11.3. The number of rotatable bonds is 6. The fraction of sp³-hybridized carbons (Fsp3) is 0.579. The van der Waals surface area contributed by atoms with Crippen molar-refractivity contribution < 1.29 is 19.4 Å².